The molecule has 2 aromatic rings. The zero-order valence-corrected chi connectivity index (χ0v) is 13.7. The van der Waals surface area contributed by atoms with Crippen molar-refractivity contribution in [1.82, 2.24) is 9.97 Å². The fraction of sp³-hybridized carbons (Fsp3) is 0.286. The SMILES string of the molecule is CCOC(=O)Cc1cccc(S(=O)(=O)Nc2ncc(C(F)(F)F)[nH]2)c1. The Morgan fingerprint density at radius 1 is 1.36 bits per heavy atom. The average molecular weight is 377 g/mol. The van der Waals surface area contributed by atoms with Gasteiger partial charge in [0.1, 0.15) is 5.69 Å². The first kappa shape index (κ1) is 18.8. The number of H-pyrrole nitrogens is 1. The van der Waals surface area contributed by atoms with Crippen LogP contribution in [0.1, 0.15) is 18.2 Å². The first-order valence-electron chi connectivity index (χ1n) is 7.01. The number of halogens is 3. The Bertz CT molecular complexity index is 862. The van der Waals surface area contributed by atoms with Crippen LogP contribution in [0.2, 0.25) is 0 Å². The number of rotatable bonds is 6. The highest BCUT2D eigenvalue weighted by Gasteiger charge is 2.33. The number of carbonyl (C=O) groups excluding carboxylic acids is 1. The first-order chi connectivity index (χ1) is 11.6. The number of hydrogen-bond acceptors (Lipinski definition) is 5. The van der Waals surface area contributed by atoms with Gasteiger partial charge in [0, 0.05) is 0 Å². The lowest BCUT2D eigenvalue weighted by Gasteiger charge is -2.08. The summed E-state index contributed by atoms with van der Waals surface area (Å²) in [7, 11) is -4.18. The van der Waals surface area contributed by atoms with Crippen LogP contribution in [-0.2, 0) is 32.2 Å². The highest BCUT2D eigenvalue weighted by atomic mass is 32.2. The number of ether oxygens (including phenoxy) is 1. The van der Waals surface area contributed by atoms with Gasteiger partial charge in [-0.3, -0.25) is 4.79 Å². The van der Waals surface area contributed by atoms with Gasteiger partial charge in [0.25, 0.3) is 10.0 Å². The molecular weight excluding hydrogens is 363 g/mol. The number of aromatic amines is 1. The van der Waals surface area contributed by atoms with E-state index in [9.17, 15) is 26.4 Å². The fourth-order valence-electron chi connectivity index (χ4n) is 1.90. The van der Waals surface area contributed by atoms with E-state index in [0.717, 1.165) is 0 Å². The van der Waals surface area contributed by atoms with E-state index in [1.54, 1.807) is 6.92 Å². The van der Waals surface area contributed by atoms with E-state index in [2.05, 4.69) is 4.98 Å². The Kier molecular flexibility index (Phi) is 5.36. The van der Waals surface area contributed by atoms with Crippen molar-refractivity contribution < 1.29 is 31.1 Å². The monoisotopic (exact) mass is 377 g/mol. The molecule has 1 aromatic carbocycles. The van der Waals surface area contributed by atoms with E-state index in [1.807, 2.05) is 9.71 Å². The summed E-state index contributed by atoms with van der Waals surface area (Å²) in [6.07, 6.45) is -4.32. The van der Waals surface area contributed by atoms with Crippen molar-refractivity contribution in [3.8, 4) is 0 Å². The molecule has 0 aliphatic rings. The molecule has 0 fully saturated rings. The van der Waals surface area contributed by atoms with Gasteiger partial charge in [-0.1, -0.05) is 12.1 Å². The summed E-state index contributed by atoms with van der Waals surface area (Å²) in [6, 6.07) is 5.41. The summed E-state index contributed by atoms with van der Waals surface area (Å²) < 4.78 is 68.7. The summed E-state index contributed by atoms with van der Waals surface area (Å²) >= 11 is 0. The van der Waals surface area contributed by atoms with Crippen LogP contribution in [0.5, 0.6) is 0 Å². The van der Waals surface area contributed by atoms with Gasteiger partial charge in [-0.2, -0.15) is 13.2 Å². The minimum Gasteiger partial charge on any atom is -0.466 e. The van der Waals surface area contributed by atoms with Crippen LogP contribution in [0.3, 0.4) is 0 Å². The second kappa shape index (κ2) is 7.13. The largest absolute Gasteiger partial charge is 0.466 e. The first-order valence-corrected chi connectivity index (χ1v) is 8.49. The summed E-state index contributed by atoms with van der Waals surface area (Å²) in [5.41, 5.74) is -0.794. The van der Waals surface area contributed by atoms with Gasteiger partial charge in [0.05, 0.1) is 24.1 Å². The lowest BCUT2D eigenvalue weighted by Crippen LogP contribution is -2.15. The predicted octanol–water partition coefficient (Wildman–Crippen LogP) is 2.33. The molecule has 0 unspecified atom stereocenters. The maximum absolute atomic E-state index is 12.5. The Labute approximate surface area is 141 Å². The van der Waals surface area contributed by atoms with Crippen LogP contribution in [-0.4, -0.2) is 31.0 Å². The van der Waals surface area contributed by atoms with Gasteiger partial charge in [0.2, 0.25) is 5.95 Å². The predicted molar refractivity (Wildman–Crippen MR) is 81.2 cm³/mol. The van der Waals surface area contributed by atoms with Crippen LogP contribution in [0.25, 0.3) is 0 Å². The maximum Gasteiger partial charge on any atom is 0.432 e. The maximum atomic E-state index is 12.5. The van der Waals surface area contributed by atoms with Crippen molar-refractivity contribution in [3.63, 3.8) is 0 Å². The van der Waals surface area contributed by atoms with Gasteiger partial charge in [-0.05, 0) is 24.6 Å². The number of nitrogens with zero attached hydrogens (tertiary/aromatic N) is 1. The van der Waals surface area contributed by atoms with Crippen LogP contribution >= 0.6 is 0 Å². The quantitative estimate of drug-likeness (QED) is 0.753. The number of sulfonamides is 1. The van der Waals surface area contributed by atoms with E-state index >= 15 is 0 Å². The van der Waals surface area contributed by atoms with Crippen LogP contribution in [0.15, 0.2) is 35.4 Å². The smallest absolute Gasteiger partial charge is 0.432 e. The van der Waals surface area contributed by atoms with Gasteiger partial charge >= 0.3 is 12.1 Å². The molecule has 0 saturated heterocycles. The lowest BCUT2D eigenvalue weighted by molar-refractivity contribution is -0.142. The van der Waals surface area contributed by atoms with Crippen LogP contribution in [0, 0.1) is 0 Å². The number of hydrogen-bond donors (Lipinski definition) is 2. The molecule has 136 valence electrons. The molecule has 11 heteroatoms. The molecule has 2 N–H and O–H groups in total. The molecule has 1 heterocycles. The normalized spacial score (nSPS) is 12.0. The molecule has 0 aliphatic heterocycles. The zero-order valence-electron chi connectivity index (χ0n) is 12.9. The Balaban J connectivity index is 2.19. The van der Waals surface area contributed by atoms with Gasteiger partial charge in [0.15, 0.2) is 0 Å². The summed E-state index contributed by atoms with van der Waals surface area (Å²) in [5.74, 6) is -1.09. The van der Waals surface area contributed by atoms with E-state index < -0.39 is 33.8 Å². The number of aromatic nitrogens is 2. The summed E-state index contributed by atoms with van der Waals surface area (Å²) in [4.78, 5) is 16.4. The molecule has 0 radical (unpaired) electrons. The molecule has 1 aromatic heterocycles. The minimum absolute atomic E-state index is 0.129. The van der Waals surface area contributed by atoms with Crippen molar-refractivity contribution in [2.24, 2.45) is 0 Å². The lowest BCUT2D eigenvalue weighted by atomic mass is 10.1. The Hall–Kier alpha value is -2.56. The van der Waals surface area contributed by atoms with Crippen molar-refractivity contribution in [2.45, 2.75) is 24.4 Å². The number of esters is 1. The van der Waals surface area contributed by atoms with Crippen molar-refractivity contribution in [1.29, 1.82) is 0 Å². The molecule has 0 aliphatic carbocycles. The standard InChI is InChI=1S/C14H14F3N3O4S/c1-2-24-12(21)7-9-4-3-5-10(6-9)25(22,23)20-13-18-8-11(19-13)14(15,16)17/h3-6,8H,2,7H2,1H3,(H2,18,19,20). The van der Waals surface area contributed by atoms with Gasteiger partial charge in [-0.15, -0.1) is 0 Å². The molecular formula is C14H14F3N3O4S. The van der Waals surface area contributed by atoms with Gasteiger partial charge < -0.3 is 9.72 Å². The highest BCUT2D eigenvalue weighted by Crippen LogP contribution is 2.28. The third kappa shape index (κ3) is 4.95. The van der Waals surface area contributed by atoms with Crippen molar-refractivity contribution in [3.05, 3.63) is 41.7 Å². The summed E-state index contributed by atoms with van der Waals surface area (Å²) in [5, 5.41) is 0. The zero-order chi connectivity index (χ0) is 18.7. The Morgan fingerprint density at radius 3 is 2.68 bits per heavy atom. The highest BCUT2D eigenvalue weighted by molar-refractivity contribution is 7.92. The topological polar surface area (TPSA) is 101 Å². The minimum atomic E-state index is -4.67. The molecule has 7 nitrogen and oxygen atoms in total. The third-order valence-electron chi connectivity index (χ3n) is 2.97. The second-order valence-corrected chi connectivity index (χ2v) is 6.56. The van der Waals surface area contributed by atoms with E-state index in [1.165, 1.54) is 24.3 Å². The fourth-order valence-corrected chi connectivity index (χ4v) is 2.95. The third-order valence-corrected chi connectivity index (χ3v) is 4.31. The van der Waals surface area contributed by atoms with Crippen molar-refractivity contribution >= 4 is 21.9 Å². The molecule has 0 bridgehead atoms. The van der Waals surface area contributed by atoms with Crippen LogP contribution in [0.4, 0.5) is 19.1 Å². The molecule has 25 heavy (non-hydrogen) atoms. The number of anilines is 1. The molecule has 0 atom stereocenters. The van der Waals surface area contributed by atoms with E-state index in [4.69, 9.17) is 4.74 Å². The molecule has 2 rings (SSSR count). The number of benzene rings is 1. The van der Waals surface area contributed by atoms with E-state index in [-0.39, 0.29) is 17.9 Å². The molecule has 0 amide bonds. The number of nitrogens with one attached hydrogen (secondary N) is 2. The van der Waals surface area contributed by atoms with Gasteiger partial charge in [-0.25, -0.2) is 18.1 Å². The average Bonchev–Trinajstić information content (AvgIpc) is 2.95. The Morgan fingerprint density at radius 2 is 2.08 bits per heavy atom. The number of alkyl halides is 3. The van der Waals surface area contributed by atoms with Crippen molar-refractivity contribution in [2.75, 3.05) is 11.3 Å². The molecule has 0 spiro atoms. The second-order valence-electron chi connectivity index (χ2n) is 4.88. The summed E-state index contributed by atoms with van der Waals surface area (Å²) in [6.45, 7) is 1.83. The number of imidazole rings is 1. The number of carbonyl (C=O) groups is 1. The van der Waals surface area contributed by atoms with E-state index in [0.29, 0.717) is 11.8 Å². The molecule has 0 saturated carbocycles. The van der Waals surface area contributed by atoms with Crippen LogP contribution < -0.4 is 4.72 Å².